The Morgan fingerprint density at radius 3 is 2.20 bits per heavy atom. The van der Waals surface area contributed by atoms with Gasteiger partial charge in [0.1, 0.15) is 0 Å². The molecule has 7 heteroatoms. The second-order valence-corrected chi connectivity index (χ2v) is 7.69. The fourth-order valence-electron chi connectivity index (χ4n) is 2.97. The van der Waals surface area contributed by atoms with Crippen LogP contribution in [-0.2, 0) is 0 Å². The molecule has 148 valence electrons. The molecular weight excluding hydrogens is 398 g/mol. The number of hydrogen-bond acceptors (Lipinski definition) is 5. The number of hydrogen-bond donors (Lipinski definition) is 1. The van der Waals surface area contributed by atoms with Crippen LogP contribution in [0.5, 0.6) is 0 Å². The number of rotatable bonds is 5. The molecule has 0 spiro atoms. The predicted molar refractivity (Wildman–Crippen MR) is 119 cm³/mol. The van der Waals surface area contributed by atoms with E-state index in [1.165, 1.54) is 23.5 Å². The second-order valence-electron chi connectivity index (χ2n) is 6.69. The van der Waals surface area contributed by atoms with E-state index in [0.29, 0.717) is 10.7 Å². The van der Waals surface area contributed by atoms with Crippen LogP contribution in [0.4, 0.5) is 10.8 Å². The molecule has 6 nitrogen and oxygen atoms in total. The first-order valence-electron chi connectivity index (χ1n) is 9.20. The Morgan fingerprint density at radius 2 is 1.57 bits per heavy atom. The molecule has 0 unspecified atom stereocenters. The summed E-state index contributed by atoms with van der Waals surface area (Å²) in [5, 5.41) is 14.3. The minimum absolute atomic E-state index is 0.0257. The van der Waals surface area contributed by atoms with Gasteiger partial charge in [-0.05, 0) is 36.8 Å². The lowest BCUT2D eigenvalue weighted by Gasteiger charge is -2.03. The number of benzene rings is 3. The molecule has 1 aromatic heterocycles. The summed E-state index contributed by atoms with van der Waals surface area (Å²) in [7, 11) is 0. The predicted octanol–water partition coefficient (Wildman–Crippen LogP) is 5.95. The number of anilines is 1. The molecule has 0 radical (unpaired) electrons. The molecule has 0 atom stereocenters. The fourth-order valence-corrected chi connectivity index (χ4v) is 3.96. The number of carbonyl (C=O) groups is 1. The zero-order valence-electron chi connectivity index (χ0n) is 16.0. The highest BCUT2D eigenvalue weighted by molar-refractivity contribution is 7.19. The third kappa shape index (κ3) is 4.11. The Labute approximate surface area is 177 Å². The van der Waals surface area contributed by atoms with Gasteiger partial charge in [0.25, 0.3) is 11.6 Å². The van der Waals surface area contributed by atoms with E-state index in [1.807, 2.05) is 37.3 Å². The van der Waals surface area contributed by atoms with Crippen molar-refractivity contribution >= 4 is 28.1 Å². The zero-order valence-corrected chi connectivity index (χ0v) is 16.8. The highest BCUT2D eigenvalue weighted by Gasteiger charge is 2.18. The van der Waals surface area contributed by atoms with Crippen molar-refractivity contribution in [3.05, 3.63) is 100 Å². The van der Waals surface area contributed by atoms with E-state index in [2.05, 4.69) is 10.3 Å². The average molecular weight is 415 g/mol. The van der Waals surface area contributed by atoms with Crippen molar-refractivity contribution in [2.24, 2.45) is 0 Å². The maximum Gasteiger partial charge on any atom is 0.269 e. The van der Waals surface area contributed by atoms with Gasteiger partial charge in [0.15, 0.2) is 5.13 Å². The summed E-state index contributed by atoms with van der Waals surface area (Å²) in [5.41, 5.74) is 4.12. The molecule has 1 amide bonds. The molecule has 1 heterocycles. The number of carbonyl (C=O) groups excluding carboxylic acids is 1. The van der Waals surface area contributed by atoms with Gasteiger partial charge in [-0.1, -0.05) is 59.4 Å². The van der Waals surface area contributed by atoms with Crippen molar-refractivity contribution in [3.8, 4) is 21.7 Å². The fraction of sp³-hybridized carbons (Fsp3) is 0.0435. The lowest BCUT2D eigenvalue weighted by Crippen LogP contribution is -2.11. The van der Waals surface area contributed by atoms with Gasteiger partial charge < -0.3 is 0 Å². The first kappa shape index (κ1) is 19.5. The van der Waals surface area contributed by atoms with Crippen LogP contribution in [0.25, 0.3) is 21.7 Å². The molecule has 3 aromatic carbocycles. The standard InChI is InChI=1S/C23H17N3O3S/c1-15-7-9-16(10-8-15)20-21(17-11-13-19(14-12-17)26(28)29)30-23(24-20)25-22(27)18-5-3-2-4-6-18/h2-14H,1H3,(H,24,25,27). The summed E-state index contributed by atoms with van der Waals surface area (Å²) >= 11 is 1.34. The van der Waals surface area contributed by atoms with E-state index in [-0.39, 0.29) is 11.6 Å². The normalized spacial score (nSPS) is 10.6. The molecule has 0 saturated heterocycles. The van der Waals surface area contributed by atoms with Crippen LogP contribution in [0.1, 0.15) is 15.9 Å². The number of amides is 1. The monoisotopic (exact) mass is 415 g/mol. The van der Waals surface area contributed by atoms with Crippen LogP contribution >= 0.6 is 11.3 Å². The lowest BCUT2D eigenvalue weighted by atomic mass is 10.1. The summed E-state index contributed by atoms with van der Waals surface area (Å²) in [5.74, 6) is -0.241. The van der Waals surface area contributed by atoms with Crippen LogP contribution in [-0.4, -0.2) is 15.8 Å². The van der Waals surface area contributed by atoms with E-state index >= 15 is 0 Å². The van der Waals surface area contributed by atoms with E-state index in [4.69, 9.17) is 0 Å². The maximum absolute atomic E-state index is 12.6. The van der Waals surface area contributed by atoms with Crippen molar-refractivity contribution in [3.63, 3.8) is 0 Å². The average Bonchev–Trinajstić information content (AvgIpc) is 3.18. The van der Waals surface area contributed by atoms with Crippen LogP contribution in [0.3, 0.4) is 0 Å². The Balaban J connectivity index is 1.74. The number of aryl methyl sites for hydroxylation is 1. The van der Waals surface area contributed by atoms with Crippen LogP contribution in [0.15, 0.2) is 78.9 Å². The molecule has 0 aliphatic rings. The zero-order chi connectivity index (χ0) is 21.1. The summed E-state index contributed by atoms with van der Waals surface area (Å²) < 4.78 is 0. The third-order valence-corrected chi connectivity index (χ3v) is 5.57. The number of aromatic nitrogens is 1. The van der Waals surface area contributed by atoms with E-state index in [9.17, 15) is 14.9 Å². The summed E-state index contributed by atoms with van der Waals surface area (Å²) in [6, 6.07) is 23.2. The van der Waals surface area contributed by atoms with Gasteiger partial charge in [0.2, 0.25) is 0 Å². The largest absolute Gasteiger partial charge is 0.298 e. The molecular formula is C23H17N3O3S. The minimum Gasteiger partial charge on any atom is -0.298 e. The second kappa shape index (κ2) is 8.26. The molecule has 4 aromatic rings. The smallest absolute Gasteiger partial charge is 0.269 e. The van der Waals surface area contributed by atoms with Gasteiger partial charge in [-0.2, -0.15) is 0 Å². The molecule has 0 aliphatic carbocycles. The lowest BCUT2D eigenvalue weighted by molar-refractivity contribution is -0.384. The van der Waals surface area contributed by atoms with Crippen molar-refractivity contribution in [1.29, 1.82) is 0 Å². The van der Waals surface area contributed by atoms with Gasteiger partial charge in [-0.3, -0.25) is 20.2 Å². The molecule has 0 fully saturated rings. The third-order valence-electron chi connectivity index (χ3n) is 4.55. The van der Waals surface area contributed by atoms with Gasteiger partial charge >= 0.3 is 0 Å². The Kier molecular flexibility index (Phi) is 5.36. The van der Waals surface area contributed by atoms with E-state index in [0.717, 1.165) is 27.3 Å². The molecule has 1 N–H and O–H groups in total. The van der Waals surface area contributed by atoms with Crippen molar-refractivity contribution in [2.45, 2.75) is 6.92 Å². The summed E-state index contributed by atoms with van der Waals surface area (Å²) in [6.07, 6.45) is 0. The quantitative estimate of drug-likeness (QED) is 0.323. The van der Waals surface area contributed by atoms with Crippen LogP contribution < -0.4 is 5.32 Å². The van der Waals surface area contributed by atoms with E-state index in [1.54, 1.807) is 36.4 Å². The Morgan fingerprint density at radius 1 is 0.933 bits per heavy atom. The van der Waals surface area contributed by atoms with Crippen molar-refractivity contribution in [2.75, 3.05) is 5.32 Å². The number of non-ortho nitro benzene ring substituents is 1. The van der Waals surface area contributed by atoms with Gasteiger partial charge in [0.05, 0.1) is 15.5 Å². The first-order chi connectivity index (χ1) is 14.5. The molecule has 0 saturated carbocycles. The maximum atomic E-state index is 12.6. The number of nitrogens with zero attached hydrogens (tertiary/aromatic N) is 2. The van der Waals surface area contributed by atoms with Gasteiger partial charge in [0, 0.05) is 23.3 Å². The molecule has 30 heavy (non-hydrogen) atoms. The minimum atomic E-state index is -0.428. The van der Waals surface area contributed by atoms with Crippen LogP contribution in [0.2, 0.25) is 0 Å². The number of nitro benzene ring substituents is 1. The summed E-state index contributed by atoms with van der Waals surface area (Å²) in [4.78, 5) is 28.6. The topological polar surface area (TPSA) is 85.1 Å². The van der Waals surface area contributed by atoms with E-state index < -0.39 is 4.92 Å². The Hall–Kier alpha value is -3.84. The van der Waals surface area contributed by atoms with Gasteiger partial charge in [-0.25, -0.2) is 4.98 Å². The van der Waals surface area contributed by atoms with Crippen molar-refractivity contribution in [1.82, 2.24) is 4.98 Å². The SMILES string of the molecule is Cc1ccc(-c2nc(NC(=O)c3ccccc3)sc2-c2ccc([N+](=O)[O-])cc2)cc1. The number of nitrogens with one attached hydrogen (secondary N) is 1. The molecule has 0 bridgehead atoms. The number of nitro groups is 1. The summed E-state index contributed by atoms with van der Waals surface area (Å²) in [6.45, 7) is 2.01. The molecule has 4 rings (SSSR count). The number of thiazole rings is 1. The van der Waals surface area contributed by atoms with Crippen molar-refractivity contribution < 1.29 is 9.72 Å². The first-order valence-corrected chi connectivity index (χ1v) is 10.0. The van der Waals surface area contributed by atoms with Crippen LogP contribution in [0, 0.1) is 17.0 Å². The Bertz CT molecular complexity index is 1200. The highest BCUT2D eigenvalue weighted by atomic mass is 32.1. The van der Waals surface area contributed by atoms with Gasteiger partial charge in [-0.15, -0.1) is 0 Å². The molecule has 0 aliphatic heterocycles. The highest BCUT2D eigenvalue weighted by Crippen LogP contribution is 2.39.